The molecule has 0 fully saturated rings. The summed E-state index contributed by atoms with van der Waals surface area (Å²) in [7, 11) is -10.1. The molecule has 0 spiro atoms. The third kappa shape index (κ3) is 29.6. The molecular formula is C29H84O3Si6. The van der Waals surface area contributed by atoms with Gasteiger partial charge in [0.25, 0.3) is 0 Å². The quantitative estimate of drug-likeness (QED) is 0.165. The second-order valence-electron chi connectivity index (χ2n) is 12.3. The summed E-state index contributed by atoms with van der Waals surface area (Å²) < 4.78 is 20.0. The Balaban J connectivity index is -0.000000150. The lowest BCUT2D eigenvalue weighted by molar-refractivity contribution is 0.524. The summed E-state index contributed by atoms with van der Waals surface area (Å²) >= 11 is 0. The Morgan fingerprint density at radius 3 is 0.868 bits per heavy atom. The summed E-state index contributed by atoms with van der Waals surface area (Å²) in [4.78, 5) is 0. The van der Waals surface area contributed by atoms with Gasteiger partial charge in [0.15, 0.2) is 49.9 Å². The third-order valence-electron chi connectivity index (χ3n) is 5.50. The van der Waals surface area contributed by atoms with Crippen LogP contribution in [0.2, 0.25) is 103 Å². The van der Waals surface area contributed by atoms with E-state index in [4.69, 9.17) is 12.3 Å². The van der Waals surface area contributed by atoms with Gasteiger partial charge in [0.2, 0.25) is 0 Å². The van der Waals surface area contributed by atoms with Crippen molar-refractivity contribution in [1.29, 1.82) is 0 Å². The van der Waals surface area contributed by atoms with Crippen LogP contribution in [0, 0.1) is 0 Å². The van der Waals surface area contributed by atoms with Crippen molar-refractivity contribution < 1.29 is 12.3 Å². The molecule has 0 aliphatic heterocycles. The van der Waals surface area contributed by atoms with Gasteiger partial charge >= 0.3 is 0 Å². The Kier molecular flexibility index (Phi) is 38.1. The minimum absolute atomic E-state index is 0. The van der Waals surface area contributed by atoms with Crippen LogP contribution in [0.5, 0.6) is 0 Å². The summed E-state index contributed by atoms with van der Waals surface area (Å²) in [5.74, 6) is 0. The summed E-state index contributed by atoms with van der Waals surface area (Å²) in [5.41, 5.74) is 4.12. The van der Waals surface area contributed by atoms with E-state index < -0.39 is 49.9 Å². The fourth-order valence-electron chi connectivity index (χ4n) is 4.00. The van der Waals surface area contributed by atoms with Crippen molar-refractivity contribution >= 4 is 49.9 Å². The molecule has 0 aliphatic carbocycles. The zero-order valence-electron chi connectivity index (χ0n) is 22.3. The van der Waals surface area contributed by atoms with Gasteiger partial charge in [-0.2, -0.15) is 0 Å². The fraction of sp³-hybridized carbons (Fsp3) is 0.862. The highest BCUT2D eigenvalue weighted by molar-refractivity contribution is 6.89. The minimum atomic E-state index is -1.71. The van der Waals surface area contributed by atoms with Crippen molar-refractivity contribution in [3.63, 3.8) is 0 Å². The first kappa shape index (κ1) is 62.3. The number of hydrogen-bond donors (Lipinski definition) is 0. The molecule has 242 valence electrons. The predicted molar refractivity (Wildman–Crippen MR) is 206 cm³/mol. The van der Waals surface area contributed by atoms with E-state index in [0.717, 1.165) is 0 Å². The molecule has 0 rings (SSSR count). The maximum Gasteiger partial charge on any atom is 0.197 e. The molecule has 0 aromatic rings. The normalized spacial score (nSPS) is 11.6. The predicted octanol–water partition coefficient (Wildman–Crippen LogP) is 13.2. The smallest absolute Gasteiger partial charge is 0.197 e. The molecule has 0 unspecified atom stereocenters. The van der Waals surface area contributed by atoms with E-state index in [1.807, 2.05) is 0 Å². The van der Waals surface area contributed by atoms with Gasteiger partial charge in [0, 0.05) is 0 Å². The third-order valence-corrected chi connectivity index (χ3v) is 27.0. The van der Waals surface area contributed by atoms with Gasteiger partial charge in [0.1, 0.15) is 0 Å². The second kappa shape index (κ2) is 23.2. The van der Waals surface area contributed by atoms with Gasteiger partial charge in [-0.15, -0.1) is 13.2 Å². The second-order valence-corrected chi connectivity index (χ2v) is 38.1. The molecule has 9 heteroatoms. The van der Waals surface area contributed by atoms with E-state index >= 15 is 0 Å². The first-order valence-electron chi connectivity index (χ1n) is 11.5. The van der Waals surface area contributed by atoms with Gasteiger partial charge in [-0.3, -0.25) is 0 Å². The Labute approximate surface area is 254 Å². The summed E-state index contributed by atoms with van der Waals surface area (Å²) in [6.45, 7) is 36.0. The van der Waals surface area contributed by atoms with Gasteiger partial charge < -0.3 is 12.3 Å². The molecular weight excluding hydrogens is 565 g/mol. The van der Waals surface area contributed by atoms with Crippen molar-refractivity contribution in [2.24, 2.45) is 0 Å². The molecule has 0 heterocycles. The molecule has 0 aromatic carbocycles. The van der Waals surface area contributed by atoms with E-state index in [2.05, 4.69) is 103 Å². The van der Waals surface area contributed by atoms with Crippen molar-refractivity contribution in [2.75, 3.05) is 0 Å². The fourth-order valence-corrected chi connectivity index (χ4v) is 30.9. The summed E-state index contributed by atoms with van der Waals surface area (Å²) in [6, 6.07) is 4.84. The lowest BCUT2D eigenvalue weighted by atomic mass is 10.6. The average Bonchev–Trinajstić information content (AvgIpc) is 2.50. The standard InChI is InChI=1S/C21H52O3Si6.8CH4/c1-15-25(3,4)22-27(7,8)18-17-19-28(9,10)24-30(13,14)21-20-29(11,12)23-26(5,6)16-2;;;;;;;;/h15-16H,1-2,17-21H2,3-14H3;8*1H4. The van der Waals surface area contributed by atoms with Crippen LogP contribution >= 0.6 is 0 Å². The molecule has 0 saturated carbocycles. The van der Waals surface area contributed by atoms with Gasteiger partial charge in [-0.1, -0.05) is 77.2 Å². The highest BCUT2D eigenvalue weighted by Crippen LogP contribution is 2.30. The molecule has 3 nitrogen and oxygen atoms in total. The van der Waals surface area contributed by atoms with Crippen LogP contribution in [0.4, 0.5) is 0 Å². The Morgan fingerprint density at radius 1 is 0.395 bits per heavy atom. The highest BCUT2D eigenvalue weighted by Gasteiger charge is 2.38. The molecule has 0 bridgehead atoms. The van der Waals surface area contributed by atoms with Crippen LogP contribution in [-0.2, 0) is 12.3 Å². The van der Waals surface area contributed by atoms with E-state index in [0.29, 0.717) is 0 Å². The van der Waals surface area contributed by atoms with Crippen LogP contribution < -0.4 is 0 Å². The summed E-state index contributed by atoms with van der Waals surface area (Å²) in [5, 5.41) is 0. The molecule has 0 saturated heterocycles. The Bertz CT molecular complexity index is 575. The lowest BCUT2D eigenvalue weighted by Gasteiger charge is -2.38. The van der Waals surface area contributed by atoms with Crippen molar-refractivity contribution in [3.05, 3.63) is 24.6 Å². The van der Waals surface area contributed by atoms with Crippen LogP contribution in [0.15, 0.2) is 24.6 Å². The SMILES string of the molecule is C.C.C.C.C.C.C.C.C=C[Si](C)(C)O[Si](C)(C)CCC[Si](C)(C)O[Si](C)(C)CC[Si](C)(C)O[Si](C)(C)C=C. The first-order chi connectivity index (χ1) is 13.2. The van der Waals surface area contributed by atoms with Gasteiger partial charge in [0.05, 0.1) is 0 Å². The zero-order valence-corrected chi connectivity index (χ0v) is 28.3. The highest BCUT2D eigenvalue weighted by atomic mass is 28.4. The lowest BCUT2D eigenvalue weighted by Crippen LogP contribution is -2.48. The van der Waals surface area contributed by atoms with E-state index in [1.165, 1.54) is 30.6 Å². The first-order valence-corrected chi connectivity index (χ1v) is 30.0. The molecule has 0 amide bonds. The molecule has 38 heavy (non-hydrogen) atoms. The number of rotatable bonds is 15. The van der Waals surface area contributed by atoms with Crippen LogP contribution in [0.3, 0.4) is 0 Å². The van der Waals surface area contributed by atoms with Crippen molar-refractivity contribution in [1.82, 2.24) is 0 Å². The average molecular weight is 650 g/mol. The monoisotopic (exact) mass is 649 g/mol. The van der Waals surface area contributed by atoms with Crippen molar-refractivity contribution in [3.8, 4) is 0 Å². The topological polar surface area (TPSA) is 27.7 Å². The van der Waals surface area contributed by atoms with E-state index in [9.17, 15) is 0 Å². The summed E-state index contributed by atoms with van der Waals surface area (Å²) in [6.07, 6.45) is 1.23. The molecule has 0 radical (unpaired) electrons. The van der Waals surface area contributed by atoms with E-state index in [1.54, 1.807) is 0 Å². The van der Waals surface area contributed by atoms with Crippen LogP contribution in [-0.4, -0.2) is 49.9 Å². The van der Waals surface area contributed by atoms with Crippen LogP contribution in [0.1, 0.15) is 65.8 Å². The van der Waals surface area contributed by atoms with Crippen molar-refractivity contribution in [2.45, 2.75) is 169 Å². The zero-order chi connectivity index (χ0) is 24.1. The molecule has 0 aliphatic rings. The largest absolute Gasteiger partial charge is 0.456 e. The Hall–Kier alpha value is 0.661. The minimum Gasteiger partial charge on any atom is -0.456 e. The maximum atomic E-state index is 6.92. The number of hydrogen-bond acceptors (Lipinski definition) is 3. The Morgan fingerprint density at radius 2 is 0.605 bits per heavy atom. The maximum absolute atomic E-state index is 6.92. The molecule has 0 aromatic heterocycles. The van der Waals surface area contributed by atoms with Gasteiger partial charge in [-0.25, -0.2) is 0 Å². The molecule has 0 N–H and O–H groups in total. The van der Waals surface area contributed by atoms with Gasteiger partial charge in [-0.05, 0) is 103 Å². The van der Waals surface area contributed by atoms with E-state index in [-0.39, 0.29) is 59.4 Å². The molecule has 0 atom stereocenters. The van der Waals surface area contributed by atoms with Crippen LogP contribution in [0.25, 0.3) is 0 Å².